The molecule has 2 nitrogen and oxygen atoms in total. The van der Waals surface area contributed by atoms with Gasteiger partial charge in [-0.25, -0.2) is 4.39 Å². The molecule has 2 N–H and O–H groups in total. The van der Waals surface area contributed by atoms with Crippen molar-refractivity contribution >= 4 is 23.2 Å². The number of rotatable bonds is 6. The lowest BCUT2D eigenvalue weighted by Gasteiger charge is -2.17. The van der Waals surface area contributed by atoms with Crippen LogP contribution in [0.2, 0.25) is 10.0 Å². The van der Waals surface area contributed by atoms with Gasteiger partial charge in [0.05, 0.1) is 16.7 Å². The van der Waals surface area contributed by atoms with Crippen LogP contribution in [-0.4, -0.2) is 13.2 Å². The lowest BCUT2D eigenvalue weighted by atomic mass is 9.91. The summed E-state index contributed by atoms with van der Waals surface area (Å²) in [6.07, 6.45) is 0.559. The van der Waals surface area contributed by atoms with Crippen molar-refractivity contribution in [2.45, 2.75) is 19.3 Å². The van der Waals surface area contributed by atoms with Gasteiger partial charge in [-0.1, -0.05) is 41.4 Å². The smallest absolute Gasteiger partial charge is 0.156 e. The Bertz CT molecular complexity index is 625. The van der Waals surface area contributed by atoms with E-state index in [0.717, 1.165) is 5.56 Å². The van der Waals surface area contributed by atoms with Gasteiger partial charge in [0.1, 0.15) is 5.82 Å². The maximum atomic E-state index is 13.9. The van der Waals surface area contributed by atoms with Crippen LogP contribution in [0.5, 0.6) is 5.75 Å². The number of nitrogens with two attached hydrogens (primary N) is 1. The summed E-state index contributed by atoms with van der Waals surface area (Å²) in [5.41, 5.74) is 7.32. The Morgan fingerprint density at radius 1 is 1.18 bits per heavy atom. The third-order valence-electron chi connectivity index (χ3n) is 3.46. The molecule has 0 radical (unpaired) electrons. The average Bonchev–Trinajstić information content (AvgIpc) is 2.49. The van der Waals surface area contributed by atoms with Crippen LogP contribution in [-0.2, 0) is 6.42 Å². The fourth-order valence-corrected chi connectivity index (χ4v) is 3.06. The van der Waals surface area contributed by atoms with Crippen molar-refractivity contribution in [3.63, 3.8) is 0 Å². The van der Waals surface area contributed by atoms with E-state index in [0.29, 0.717) is 40.9 Å². The Morgan fingerprint density at radius 3 is 2.36 bits per heavy atom. The molecule has 5 heteroatoms. The van der Waals surface area contributed by atoms with Crippen LogP contribution in [0.4, 0.5) is 4.39 Å². The quantitative estimate of drug-likeness (QED) is 0.817. The predicted molar refractivity (Wildman–Crippen MR) is 89.5 cm³/mol. The second-order valence-electron chi connectivity index (χ2n) is 4.98. The molecule has 0 aliphatic rings. The van der Waals surface area contributed by atoms with Crippen molar-refractivity contribution in [2.75, 3.05) is 13.2 Å². The molecule has 0 fully saturated rings. The first-order valence-corrected chi connectivity index (χ1v) is 7.87. The van der Waals surface area contributed by atoms with Crippen molar-refractivity contribution in [3.05, 3.63) is 63.4 Å². The van der Waals surface area contributed by atoms with Gasteiger partial charge in [-0.05, 0) is 49.2 Å². The zero-order chi connectivity index (χ0) is 16.1. The van der Waals surface area contributed by atoms with Crippen molar-refractivity contribution in [3.8, 4) is 5.75 Å². The minimum atomic E-state index is -0.249. The van der Waals surface area contributed by atoms with Gasteiger partial charge in [0.25, 0.3) is 0 Å². The van der Waals surface area contributed by atoms with E-state index in [1.165, 1.54) is 6.07 Å². The highest BCUT2D eigenvalue weighted by molar-refractivity contribution is 6.37. The van der Waals surface area contributed by atoms with Gasteiger partial charge in [-0.15, -0.1) is 0 Å². The van der Waals surface area contributed by atoms with E-state index in [9.17, 15) is 4.39 Å². The minimum absolute atomic E-state index is 0.133. The Morgan fingerprint density at radius 2 is 1.82 bits per heavy atom. The van der Waals surface area contributed by atoms with Crippen LogP contribution >= 0.6 is 23.2 Å². The van der Waals surface area contributed by atoms with Crippen LogP contribution < -0.4 is 10.5 Å². The van der Waals surface area contributed by atoms with Crippen molar-refractivity contribution in [1.82, 2.24) is 0 Å². The van der Waals surface area contributed by atoms with Gasteiger partial charge in [-0.2, -0.15) is 0 Å². The van der Waals surface area contributed by atoms with Crippen LogP contribution in [0, 0.1) is 5.82 Å². The summed E-state index contributed by atoms with van der Waals surface area (Å²) in [4.78, 5) is 0. The van der Waals surface area contributed by atoms with E-state index < -0.39 is 0 Å². The van der Waals surface area contributed by atoms with Crippen LogP contribution in [0.25, 0.3) is 0 Å². The molecule has 0 amide bonds. The Hall–Kier alpha value is -1.29. The Kier molecular flexibility index (Phi) is 6.07. The lowest BCUT2D eigenvalue weighted by Crippen LogP contribution is -2.16. The summed E-state index contributed by atoms with van der Waals surface area (Å²) in [5.74, 6) is 0.0946. The van der Waals surface area contributed by atoms with Gasteiger partial charge in [0, 0.05) is 5.92 Å². The van der Waals surface area contributed by atoms with Crippen LogP contribution in [0.15, 0.2) is 36.4 Å². The highest BCUT2D eigenvalue weighted by atomic mass is 35.5. The molecule has 0 aliphatic carbocycles. The first kappa shape index (κ1) is 17.1. The van der Waals surface area contributed by atoms with Gasteiger partial charge < -0.3 is 10.5 Å². The van der Waals surface area contributed by atoms with E-state index in [-0.39, 0.29) is 11.7 Å². The number of hydrogen-bond donors (Lipinski definition) is 1. The molecule has 0 saturated heterocycles. The molecule has 0 spiro atoms. The normalized spacial score (nSPS) is 12.2. The van der Waals surface area contributed by atoms with Crippen molar-refractivity contribution < 1.29 is 9.13 Å². The highest BCUT2D eigenvalue weighted by Crippen LogP contribution is 2.35. The Labute approximate surface area is 140 Å². The van der Waals surface area contributed by atoms with Gasteiger partial charge in [0.2, 0.25) is 0 Å². The number of hydrogen-bond acceptors (Lipinski definition) is 2. The highest BCUT2D eigenvalue weighted by Gasteiger charge is 2.17. The molecule has 1 unspecified atom stereocenters. The summed E-state index contributed by atoms with van der Waals surface area (Å²) < 4.78 is 19.3. The van der Waals surface area contributed by atoms with Crippen molar-refractivity contribution in [2.24, 2.45) is 5.73 Å². The third-order valence-corrected chi connectivity index (χ3v) is 4.02. The van der Waals surface area contributed by atoms with E-state index in [1.54, 1.807) is 30.3 Å². The molecule has 1 atom stereocenters. The first-order valence-electron chi connectivity index (χ1n) is 7.12. The third kappa shape index (κ3) is 3.92. The predicted octanol–water partition coefficient (Wildman–Crippen LogP) is 4.82. The molecule has 118 valence electrons. The zero-order valence-electron chi connectivity index (χ0n) is 12.3. The molecular weight excluding hydrogens is 324 g/mol. The molecule has 0 heterocycles. The molecule has 2 aromatic rings. The molecule has 0 saturated carbocycles. The van der Waals surface area contributed by atoms with Crippen molar-refractivity contribution in [1.29, 1.82) is 0 Å². The van der Waals surface area contributed by atoms with E-state index in [2.05, 4.69) is 0 Å². The summed E-state index contributed by atoms with van der Waals surface area (Å²) in [6.45, 7) is 2.69. The molecular formula is C17H18Cl2FNO. The topological polar surface area (TPSA) is 35.2 Å². The van der Waals surface area contributed by atoms with Gasteiger partial charge in [-0.3, -0.25) is 0 Å². The number of halogens is 3. The van der Waals surface area contributed by atoms with E-state index in [4.69, 9.17) is 33.7 Å². The number of benzene rings is 2. The maximum absolute atomic E-state index is 13.9. The molecule has 22 heavy (non-hydrogen) atoms. The summed E-state index contributed by atoms with van der Waals surface area (Å²) >= 11 is 12.4. The van der Waals surface area contributed by atoms with E-state index >= 15 is 0 Å². The standard InChI is InChI=1S/C17H18Cl2FNO/c1-2-22-17-14(18)8-11(9-15(17)19)7-12(10-21)13-5-3-4-6-16(13)20/h3-6,8-9,12H,2,7,10,21H2,1H3. The molecule has 0 aromatic heterocycles. The Balaban J connectivity index is 2.27. The van der Waals surface area contributed by atoms with Crippen LogP contribution in [0.3, 0.4) is 0 Å². The summed E-state index contributed by atoms with van der Waals surface area (Å²) in [5, 5.41) is 0.905. The molecule has 2 rings (SSSR count). The minimum Gasteiger partial charge on any atom is -0.491 e. The number of ether oxygens (including phenoxy) is 1. The van der Waals surface area contributed by atoms with E-state index in [1.807, 2.05) is 6.92 Å². The second kappa shape index (κ2) is 7.82. The van der Waals surface area contributed by atoms with Gasteiger partial charge in [0.15, 0.2) is 5.75 Å². The summed E-state index contributed by atoms with van der Waals surface area (Å²) in [7, 11) is 0. The molecule has 0 aliphatic heterocycles. The molecule has 0 bridgehead atoms. The zero-order valence-corrected chi connectivity index (χ0v) is 13.8. The lowest BCUT2D eigenvalue weighted by molar-refractivity contribution is 0.340. The van der Waals surface area contributed by atoms with Crippen LogP contribution in [0.1, 0.15) is 24.0 Å². The fraction of sp³-hybridized carbons (Fsp3) is 0.294. The fourth-order valence-electron chi connectivity index (χ4n) is 2.42. The first-order chi connectivity index (χ1) is 10.6. The molecule has 2 aromatic carbocycles. The SMILES string of the molecule is CCOc1c(Cl)cc(CC(CN)c2ccccc2F)cc1Cl. The largest absolute Gasteiger partial charge is 0.491 e. The second-order valence-corrected chi connectivity index (χ2v) is 5.79. The summed E-state index contributed by atoms with van der Waals surface area (Å²) in [6, 6.07) is 10.3. The maximum Gasteiger partial charge on any atom is 0.156 e. The van der Waals surface area contributed by atoms with Gasteiger partial charge >= 0.3 is 0 Å². The average molecular weight is 342 g/mol. The monoisotopic (exact) mass is 341 g/mol.